The van der Waals surface area contributed by atoms with Gasteiger partial charge in [-0.05, 0) is 41.8 Å². The van der Waals surface area contributed by atoms with Gasteiger partial charge in [0.05, 0.1) is 12.8 Å². The number of rotatable bonds is 13. The number of nitrogens with two attached hydrogens (primary N) is 1. The fourth-order valence-electron chi connectivity index (χ4n) is 3.78. The molecule has 2 aromatic carbocycles. The van der Waals surface area contributed by atoms with Gasteiger partial charge in [0, 0.05) is 11.8 Å². The number of primary amides is 1. The fourth-order valence-corrected chi connectivity index (χ4v) is 3.78. The van der Waals surface area contributed by atoms with Crippen LogP contribution in [0, 0.1) is 0 Å². The predicted molar refractivity (Wildman–Crippen MR) is 129 cm³/mol. The molecule has 2 aromatic rings. The van der Waals surface area contributed by atoms with Crippen molar-refractivity contribution in [3.8, 4) is 11.5 Å². The highest BCUT2D eigenvalue weighted by molar-refractivity contribution is 5.91. The number of carboxylic acids is 2. The third-order valence-corrected chi connectivity index (χ3v) is 5.92. The maximum absolute atomic E-state index is 12.7. The van der Waals surface area contributed by atoms with Crippen molar-refractivity contribution in [2.24, 2.45) is 5.73 Å². The second kappa shape index (κ2) is 12.4. The van der Waals surface area contributed by atoms with Crippen LogP contribution in [0.5, 0.6) is 11.5 Å². The van der Waals surface area contributed by atoms with Gasteiger partial charge in [0.25, 0.3) is 0 Å². The van der Waals surface area contributed by atoms with Crippen LogP contribution in [0.3, 0.4) is 0 Å². The molecule has 12 nitrogen and oxygen atoms in total. The Kier molecular flexibility index (Phi) is 9.58. The van der Waals surface area contributed by atoms with Gasteiger partial charge in [0.1, 0.15) is 23.6 Å². The summed E-state index contributed by atoms with van der Waals surface area (Å²) in [5.74, 6) is -5.57. The van der Waals surface area contributed by atoms with Gasteiger partial charge in [-0.25, -0.2) is 9.59 Å². The number of carbonyl (C=O) groups excluding carboxylic acids is 3. The monoisotopic (exact) mass is 515 g/mol. The topological polar surface area (TPSA) is 216 Å². The zero-order valence-electron chi connectivity index (χ0n) is 20.0. The number of carboxylic acid groups (broad SMARTS) is 2. The van der Waals surface area contributed by atoms with Gasteiger partial charge in [-0.3, -0.25) is 14.4 Å². The molecule has 198 valence electrons. The molecule has 0 aliphatic carbocycles. The number of phenols is 2. The number of aliphatic carboxylic acids is 2. The Bertz CT molecular complexity index is 1100. The van der Waals surface area contributed by atoms with Crippen molar-refractivity contribution >= 4 is 29.7 Å². The molecule has 0 saturated carbocycles. The first-order valence-electron chi connectivity index (χ1n) is 11.2. The zero-order valence-corrected chi connectivity index (χ0v) is 20.0. The van der Waals surface area contributed by atoms with Gasteiger partial charge >= 0.3 is 11.9 Å². The van der Waals surface area contributed by atoms with Crippen LogP contribution in [-0.2, 0) is 29.4 Å². The minimum Gasteiger partial charge on any atom is -0.508 e. The van der Waals surface area contributed by atoms with E-state index in [1.165, 1.54) is 24.3 Å². The smallest absolute Gasteiger partial charge is 0.326 e. The lowest BCUT2D eigenvalue weighted by Gasteiger charge is -2.31. The molecular weight excluding hydrogens is 486 g/mol. The number of aromatic hydroxyl groups is 2. The molecule has 0 fully saturated rings. The van der Waals surface area contributed by atoms with Crippen LogP contribution in [0.15, 0.2) is 48.5 Å². The molecule has 3 amide bonds. The molecule has 2 rings (SSSR count). The SMILES string of the molecule is CC(CCC(=O)NC(CC(=O)NC(CC(N)=O)C(=O)O)C(=O)O)(c1ccc(O)cc1)c1ccc(O)cc1. The maximum Gasteiger partial charge on any atom is 0.326 e. The van der Waals surface area contributed by atoms with E-state index in [1.54, 1.807) is 24.3 Å². The summed E-state index contributed by atoms with van der Waals surface area (Å²) in [6, 6.07) is 9.46. The summed E-state index contributed by atoms with van der Waals surface area (Å²) < 4.78 is 0. The lowest BCUT2D eigenvalue weighted by molar-refractivity contribution is -0.145. The molecule has 8 N–H and O–H groups in total. The summed E-state index contributed by atoms with van der Waals surface area (Å²) in [6.07, 6.45) is -1.40. The second-order valence-electron chi connectivity index (χ2n) is 8.72. The van der Waals surface area contributed by atoms with Gasteiger partial charge in [0.2, 0.25) is 17.7 Å². The van der Waals surface area contributed by atoms with Crippen molar-refractivity contribution in [3.05, 3.63) is 59.7 Å². The van der Waals surface area contributed by atoms with Crippen LogP contribution >= 0.6 is 0 Å². The first-order valence-corrected chi connectivity index (χ1v) is 11.2. The number of benzene rings is 2. The number of nitrogens with one attached hydrogen (secondary N) is 2. The molecule has 0 spiro atoms. The van der Waals surface area contributed by atoms with Crippen LogP contribution in [0.4, 0.5) is 0 Å². The van der Waals surface area contributed by atoms with E-state index in [9.17, 15) is 39.3 Å². The van der Waals surface area contributed by atoms with E-state index in [2.05, 4.69) is 5.32 Å². The first kappa shape index (κ1) is 28.6. The van der Waals surface area contributed by atoms with Crippen molar-refractivity contribution < 1.29 is 44.4 Å². The Balaban J connectivity index is 2.13. The van der Waals surface area contributed by atoms with E-state index < -0.39 is 60.0 Å². The Labute approximate surface area is 212 Å². The number of phenolic OH excluding ortho intramolecular Hbond substituents is 2. The van der Waals surface area contributed by atoms with Gasteiger partial charge in [-0.2, -0.15) is 0 Å². The Morgan fingerprint density at radius 2 is 1.16 bits per heavy atom. The average molecular weight is 516 g/mol. The van der Waals surface area contributed by atoms with Gasteiger partial charge in [-0.15, -0.1) is 0 Å². The minimum absolute atomic E-state index is 0.0538. The summed E-state index contributed by atoms with van der Waals surface area (Å²) >= 11 is 0. The van der Waals surface area contributed by atoms with Crippen LogP contribution < -0.4 is 16.4 Å². The number of amides is 3. The Hall–Kier alpha value is -4.61. The van der Waals surface area contributed by atoms with Gasteiger partial charge < -0.3 is 36.8 Å². The molecule has 2 unspecified atom stereocenters. The molecular formula is C25H29N3O9. The lowest BCUT2D eigenvalue weighted by atomic mass is 9.73. The molecule has 0 aliphatic rings. The second-order valence-corrected chi connectivity index (χ2v) is 8.72. The number of carbonyl (C=O) groups is 5. The van der Waals surface area contributed by atoms with Gasteiger partial charge in [-0.1, -0.05) is 31.2 Å². The first-order chi connectivity index (χ1) is 17.3. The lowest BCUT2D eigenvalue weighted by Crippen LogP contribution is -2.48. The summed E-state index contributed by atoms with van der Waals surface area (Å²) in [5.41, 5.74) is 5.71. The van der Waals surface area contributed by atoms with Crippen LogP contribution in [0.2, 0.25) is 0 Å². The standard InChI is InChI=1S/C25H29N3O9/c1-25(14-2-6-16(29)7-3-14,15-4-8-17(30)9-5-15)11-10-21(32)27-19(24(36)37)13-22(33)28-18(23(34)35)12-20(26)31/h2-9,18-19,29-30H,10-13H2,1H3,(H2,26,31)(H,27,32)(H,28,33)(H,34,35)(H,36,37). The summed E-state index contributed by atoms with van der Waals surface area (Å²) in [6.45, 7) is 1.85. The van der Waals surface area contributed by atoms with E-state index in [-0.39, 0.29) is 24.3 Å². The van der Waals surface area contributed by atoms with Crippen molar-refractivity contribution in [1.29, 1.82) is 0 Å². The fraction of sp³-hybridized carbons (Fsp3) is 0.320. The maximum atomic E-state index is 12.7. The third kappa shape index (κ3) is 8.23. The highest BCUT2D eigenvalue weighted by atomic mass is 16.4. The summed E-state index contributed by atoms with van der Waals surface area (Å²) in [5, 5.41) is 42.2. The predicted octanol–water partition coefficient (Wildman–Crippen LogP) is 0.588. The molecule has 0 aromatic heterocycles. The average Bonchev–Trinajstić information content (AvgIpc) is 2.82. The molecule has 2 atom stereocenters. The van der Waals surface area contributed by atoms with E-state index in [1.807, 2.05) is 12.2 Å². The molecule has 12 heteroatoms. The van der Waals surface area contributed by atoms with Crippen LogP contribution in [0.25, 0.3) is 0 Å². The van der Waals surface area contributed by atoms with E-state index >= 15 is 0 Å². The quantitative estimate of drug-likeness (QED) is 0.198. The highest BCUT2D eigenvalue weighted by Gasteiger charge is 2.31. The van der Waals surface area contributed by atoms with Crippen molar-refractivity contribution in [2.75, 3.05) is 0 Å². The van der Waals surface area contributed by atoms with E-state index in [0.717, 1.165) is 11.1 Å². The molecule has 37 heavy (non-hydrogen) atoms. The molecule has 0 bridgehead atoms. The van der Waals surface area contributed by atoms with Crippen LogP contribution in [-0.4, -0.2) is 62.2 Å². The normalized spacial score (nSPS) is 12.7. The molecule has 0 radical (unpaired) electrons. The molecule has 0 saturated heterocycles. The summed E-state index contributed by atoms with van der Waals surface area (Å²) in [4.78, 5) is 58.7. The van der Waals surface area contributed by atoms with E-state index in [0.29, 0.717) is 0 Å². The molecule has 0 heterocycles. The number of hydrogen-bond donors (Lipinski definition) is 7. The van der Waals surface area contributed by atoms with Crippen LogP contribution in [0.1, 0.15) is 43.7 Å². The Morgan fingerprint density at radius 3 is 1.57 bits per heavy atom. The zero-order chi connectivity index (χ0) is 27.8. The largest absolute Gasteiger partial charge is 0.508 e. The highest BCUT2D eigenvalue weighted by Crippen LogP contribution is 2.37. The summed E-state index contributed by atoms with van der Waals surface area (Å²) in [7, 11) is 0. The van der Waals surface area contributed by atoms with Crippen molar-refractivity contribution in [3.63, 3.8) is 0 Å². The van der Waals surface area contributed by atoms with E-state index in [4.69, 9.17) is 10.8 Å². The third-order valence-electron chi connectivity index (χ3n) is 5.92. The number of hydrogen-bond acceptors (Lipinski definition) is 7. The minimum atomic E-state index is -1.65. The van der Waals surface area contributed by atoms with Crippen molar-refractivity contribution in [2.45, 2.75) is 50.1 Å². The van der Waals surface area contributed by atoms with Crippen molar-refractivity contribution in [1.82, 2.24) is 10.6 Å². The molecule has 0 aliphatic heterocycles. The Morgan fingerprint density at radius 1 is 0.757 bits per heavy atom. The van der Waals surface area contributed by atoms with Gasteiger partial charge in [0.15, 0.2) is 0 Å².